The molecule has 1 aromatic heterocycles. The SMILES string of the molecule is COc1cc(N2CCC(NCCCCCCCCc3ccc4c(c3)CN(C3CCC(=O)NC3=O)C4=O)CC2)ccc1Cc1ncc(Cl)c(Cc2ccccc2P(C)(C)=O)n1. The Bertz CT molecular complexity index is 2240. The fourth-order valence-corrected chi connectivity index (χ4v) is 10.3. The van der Waals surface area contributed by atoms with Crippen LogP contribution in [0.3, 0.4) is 0 Å². The van der Waals surface area contributed by atoms with Crippen molar-refractivity contribution in [3.05, 3.63) is 111 Å². The highest BCUT2D eigenvalue weighted by Crippen LogP contribution is 2.37. The van der Waals surface area contributed by atoms with Crippen LogP contribution in [-0.2, 0) is 40.0 Å². The molecule has 0 aliphatic carbocycles. The molecule has 3 amide bonds. The molecular formula is C47H58ClN6O5P. The Balaban J connectivity index is 0.785. The number of aromatic nitrogens is 2. The number of piperidine rings is 2. The van der Waals surface area contributed by atoms with Crippen LogP contribution in [0.25, 0.3) is 0 Å². The molecular weight excluding hydrogens is 795 g/mol. The smallest absolute Gasteiger partial charge is 0.255 e. The maximum absolute atomic E-state index is 13.0. The predicted molar refractivity (Wildman–Crippen MR) is 238 cm³/mol. The van der Waals surface area contributed by atoms with Crippen LogP contribution in [0.15, 0.2) is 66.9 Å². The summed E-state index contributed by atoms with van der Waals surface area (Å²) in [5.74, 6) is 0.727. The lowest BCUT2D eigenvalue weighted by atomic mass is 10.0. The Morgan fingerprint density at radius 2 is 1.67 bits per heavy atom. The highest BCUT2D eigenvalue weighted by Gasteiger charge is 2.39. The zero-order valence-electron chi connectivity index (χ0n) is 35.2. The van der Waals surface area contributed by atoms with Crippen molar-refractivity contribution in [1.29, 1.82) is 0 Å². The van der Waals surface area contributed by atoms with Crippen molar-refractivity contribution in [3.63, 3.8) is 0 Å². The van der Waals surface area contributed by atoms with E-state index in [0.717, 1.165) is 84.4 Å². The van der Waals surface area contributed by atoms with Crippen molar-refractivity contribution in [1.82, 2.24) is 25.5 Å². The van der Waals surface area contributed by atoms with Crippen molar-refractivity contribution in [3.8, 4) is 5.75 Å². The number of hydrogen-bond acceptors (Lipinski definition) is 9. The molecule has 0 spiro atoms. The van der Waals surface area contributed by atoms with Gasteiger partial charge in [-0.1, -0.05) is 79.7 Å². The second-order valence-electron chi connectivity index (χ2n) is 16.9. The molecule has 3 aliphatic heterocycles. The van der Waals surface area contributed by atoms with E-state index in [-0.39, 0.29) is 24.1 Å². The third-order valence-electron chi connectivity index (χ3n) is 12.2. The Morgan fingerprint density at radius 3 is 2.43 bits per heavy atom. The molecule has 11 nitrogen and oxygen atoms in total. The summed E-state index contributed by atoms with van der Waals surface area (Å²) in [7, 11) is -0.752. The number of anilines is 1. The number of imide groups is 1. The largest absolute Gasteiger partial charge is 0.496 e. The molecule has 13 heteroatoms. The van der Waals surface area contributed by atoms with E-state index < -0.39 is 13.2 Å². The van der Waals surface area contributed by atoms with Gasteiger partial charge < -0.3 is 24.4 Å². The quantitative estimate of drug-likeness (QED) is 0.0594. The van der Waals surface area contributed by atoms with Crippen LogP contribution in [-0.4, -0.2) is 84.7 Å². The number of rotatable bonds is 18. The zero-order chi connectivity index (χ0) is 42.2. The number of carbonyl (C=O) groups excluding carboxylic acids is 3. The first-order valence-electron chi connectivity index (χ1n) is 21.5. The molecule has 2 N–H and O–H groups in total. The summed E-state index contributed by atoms with van der Waals surface area (Å²) >= 11 is 6.56. The van der Waals surface area contributed by atoms with Crippen LogP contribution in [0.1, 0.15) is 108 Å². The number of fused-ring (bicyclic) bond motifs is 1. The van der Waals surface area contributed by atoms with Gasteiger partial charge in [-0.15, -0.1) is 0 Å². The number of amides is 3. The summed E-state index contributed by atoms with van der Waals surface area (Å²) in [5, 5.41) is 7.53. The average Bonchev–Trinajstić information content (AvgIpc) is 3.56. The van der Waals surface area contributed by atoms with Crippen LogP contribution >= 0.6 is 18.7 Å². The highest BCUT2D eigenvalue weighted by molar-refractivity contribution is 7.70. The van der Waals surface area contributed by atoms with Gasteiger partial charge in [0.25, 0.3) is 5.91 Å². The van der Waals surface area contributed by atoms with Crippen LogP contribution in [0.2, 0.25) is 5.02 Å². The number of unbranched alkanes of at least 4 members (excludes halogenated alkanes) is 5. The summed E-state index contributed by atoms with van der Waals surface area (Å²) in [6.45, 7) is 7.04. The Hall–Kier alpha value is -4.57. The number of ether oxygens (including phenoxy) is 1. The Kier molecular flexibility index (Phi) is 14.4. The average molecular weight is 853 g/mol. The maximum Gasteiger partial charge on any atom is 0.255 e. The molecule has 318 valence electrons. The summed E-state index contributed by atoms with van der Waals surface area (Å²) in [6, 6.07) is 20.3. The summed E-state index contributed by atoms with van der Waals surface area (Å²) < 4.78 is 18.8. The first kappa shape index (κ1) is 43.5. The third kappa shape index (κ3) is 10.8. The normalized spacial score (nSPS) is 17.3. The lowest BCUT2D eigenvalue weighted by Crippen LogP contribution is -2.52. The molecule has 2 fully saturated rings. The molecule has 2 saturated heterocycles. The third-order valence-corrected chi connectivity index (χ3v) is 14.1. The molecule has 3 aliphatic rings. The van der Waals surface area contributed by atoms with E-state index in [1.54, 1.807) is 31.5 Å². The van der Waals surface area contributed by atoms with Gasteiger partial charge in [0.1, 0.15) is 24.8 Å². The number of methoxy groups -OCH3 is 1. The summed E-state index contributed by atoms with van der Waals surface area (Å²) in [4.78, 5) is 50.3. The van der Waals surface area contributed by atoms with E-state index >= 15 is 0 Å². The number of nitrogens with zero attached hydrogens (tertiary/aromatic N) is 4. The van der Waals surface area contributed by atoms with E-state index in [9.17, 15) is 18.9 Å². The van der Waals surface area contributed by atoms with Gasteiger partial charge in [0.05, 0.1) is 17.8 Å². The van der Waals surface area contributed by atoms with Crippen molar-refractivity contribution >= 4 is 47.5 Å². The van der Waals surface area contributed by atoms with Gasteiger partial charge in [-0.3, -0.25) is 19.7 Å². The molecule has 3 aromatic carbocycles. The van der Waals surface area contributed by atoms with Crippen molar-refractivity contribution < 1.29 is 23.7 Å². The first-order chi connectivity index (χ1) is 29.0. The van der Waals surface area contributed by atoms with Gasteiger partial charge >= 0.3 is 0 Å². The standard InChI is InChI=1S/C47H58ClN6O5P/c1-59-42-29-37(17-16-33(42)28-44-50-30-39(48)40(51-44)27-34-13-9-10-14-43(34)60(2,3)58)53-24-21-36(22-25-53)49-23-11-7-5-4-6-8-12-32-15-18-38-35(26-32)31-54(47(38)57)41-19-20-45(55)52-46(41)56/h9-10,13-18,26,29-30,36,41,49H,4-8,11-12,19-25,27-28,31H2,1-3H3,(H,52,55,56). The fourth-order valence-electron chi connectivity index (χ4n) is 8.86. The van der Waals surface area contributed by atoms with E-state index in [2.05, 4.69) is 44.8 Å². The summed E-state index contributed by atoms with van der Waals surface area (Å²) in [5.41, 5.74) is 6.75. The number of benzene rings is 3. The number of carbonyl (C=O) groups is 3. The molecule has 0 bridgehead atoms. The summed E-state index contributed by atoms with van der Waals surface area (Å²) in [6.07, 6.45) is 13.7. The predicted octanol–water partition coefficient (Wildman–Crippen LogP) is 7.47. The van der Waals surface area contributed by atoms with Gasteiger partial charge in [-0.2, -0.15) is 0 Å². The van der Waals surface area contributed by atoms with Crippen LogP contribution < -0.4 is 25.6 Å². The van der Waals surface area contributed by atoms with E-state index in [1.807, 2.05) is 36.4 Å². The van der Waals surface area contributed by atoms with Crippen molar-refractivity contribution in [2.75, 3.05) is 45.0 Å². The molecule has 7 rings (SSSR count). The monoisotopic (exact) mass is 852 g/mol. The van der Waals surface area contributed by atoms with Gasteiger partial charge in [0, 0.05) is 79.3 Å². The minimum atomic E-state index is -2.46. The molecule has 4 heterocycles. The van der Waals surface area contributed by atoms with Gasteiger partial charge in [0.2, 0.25) is 11.8 Å². The van der Waals surface area contributed by atoms with Crippen molar-refractivity contribution in [2.24, 2.45) is 0 Å². The van der Waals surface area contributed by atoms with Gasteiger partial charge in [0.15, 0.2) is 0 Å². The lowest BCUT2D eigenvalue weighted by molar-refractivity contribution is -0.136. The molecule has 1 unspecified atom stereocenters. The molecule has 4 aromatic rings. The Morgan fingerprint density at radius 1 is 0.900 bits per heavy atom. The maximum atomic E-state index is 13.0. The second-order valence-corrected chi connectivity index (χ2v) is 20.5. The van der Waals surface area contributed by atoms with Gasteiger partial charge in [-0.25, -0.2) is 9.97 Å². The number of halogens is 1. The van der Waals surface area contributed by atoms with E-state index in [1.165, 1.54) is 37.7 Å². The lowest BCUT2D eigenvalue weighted by Gasteiger charge is -2.34. The number of nitrogens with one attached hydrogen (secondary N) is 2. The van der Waals surface area contributed by atoms with Gasteiger partial charge in [-0.05, 0) is 87.2 Å². The first-order valence-corrected chi connectivity index (χ1v) is 24.5. The Labute approximate surface area is 359 Å². The highest BCUT2D eigenvalue weighted by atomic mass is 35.5. The van der Waals surface area contributed by atoms with E-state index in [4.69, 9.17) is 21.3 Å². The number of hydrogen-bond donors (Lipinski definition) is 2. The minimum absolute atomic E-state index is 0.116. The van der Waals surface area contributed by atoms with Crippen LogP contribution in [0.4, 0.5) is 5.69 Å². The molecule has 0 saturated carbocycles. The molecule has 60 heavy (non-hydrogen) atoms. The van der Waals surface area contributed by atoms with E-state index in [0.29, 0.717) is 48.3 Å². The molecule has 0 radical (unpaired) electrons. The van der Waals surface area contributed by atoms with Crippen LogP contribution in [0, 0.1) is 0 Å². The van der Waals surface area contributed by atoms with Crippen molar-refractivity contribution in [2.45, 2.75) is 102 Å². The second kappa shape index (κ2) is 19.9. The minimum Gasteiger partial charge on any atom is -0.496 e. The topological polar surface area (TPSA) is 134 Å². The fraction of sp³-hybridized carbons (Fsp3) is 0.468. The zero-order valence-corrected chi connectivity index (χ0v) is 36.8. The molecule has 1 atom stereocenters. The van der Waals surface area contributed by atoms with Crippen LogP contribution in [0.5, 0.6) is 5.75 Å². The number of aryl methyl sites for hydroxylation is 1.